The van der Waals surface area contributed by atoms with Gasteiger partial charge in [-0.3, -0.25) is 4.79 Å². The molecule has 0 aliphatic heterocycles. The standard InChI is InChI=1S/C16H21N3O4S/c1-5-6-7-11-9-17-16(24(4,21)22)18-14(11)12-8-13(23-3)15(20)19(2)10-12/h8-10H,5-7H2,1-4H3. The number of aromatic nitrogens is 3. The molecule has 2 aromatic heterocycles. The van der Waals surface area contributed by atoms with Crippen molar-refractivity contribution in [1.29, 1.82) is 0 Å². The second kappa shape index (κ2) is 7.12. The molecule has 0 radical (unpaired) electrons. The Labute approximate surface area is 141 Å². The Morgan fingerprint density at radius 2 is 2.04 bits per heavy atom. The summed E-state index contributed by atoms with van der Waals surface area (Å²) in [6, 6.07) is 1.58. The Morgan fingerprint density at radius 3 is 2.62 bits per heavy atom. The van der Waals surface area contributed by atoms with Gasteiger partial charge in [-0.05, 0) is 24.5 Å². The van der Waals surface area contributed by atoms with Crippen molar-refractivity contribution in [1.82, 2.24) is 14.5 Å². The van der Waals surface area contributed by atoms with E-state index in [2.05, 4.69) is 16.9 Å². The third-order valence-electron chi connectivity index (χ3n) is 3.62. The molecule has 0 N–H and O–H groups in total. The maximum Gasteiger partial charge on any atom is 0.292 e. The van der Waals surface area contributed by atoms with Gasteiger partial charge in [0.1, 0.15) is 0 Å². The molecule has 2 rings (SSSR count). The predicted molar refractivity (Wildman–Crippen MR) is 91.0 cm³/mol. The lowest BCUT2D eigenvalue weighted by Crippen LogP contribution is -2.18. The molecular formula is C16H21N3O4S. The van der Waals surface area contributed by atoms with Crippen LogP contribution in [0.3, 0.4) is 0 Å². The highest BCUT2D eigenvalue weighted by molar-refractivity contribution is 7.90. The Hall–Kier alpha value is -2.22. The molecule has 0 atom stereocenters. The van der Waals surface area contributed by atoms with E-state index in [9.17, 15) is 13.2 Å². The number of hydrogen-bond donors (Lipinski definition) is 0. The van der Waals surface area contributed by atoms with Crippen LogP contribution in [0.2, 0.25) is 0 Å². The molecule has 8 heteroatoms. The van der Waals surface area contributed by atoms with Crippen LogP contribution >= 0.6 is 0 Å². The minimum Gasteiger partial charge on any atom is -0.491 e. The van der Waals surface area contributed by atoms with Crippen LogP contribution < -0.4 is 10.3 Å². The van der Waals surface area contributed by atoms with Crippen molar-refractivity contribution in [3.63, 3.8) is 0 Å². The van der Waals surface area contributed by atoms with Crippen LogP contribution in [0.4, 0.5) is 0 Å². The van der Waals surface area contributed by atoms with Crippen LogP contribution in [0.15, 0.2) is 28.4 Å². The topological polar surface area (TPSA) is 91.2 Å². The lowest BCUT2D eigenvalue weighted by Gasteiger charge is -2.12. The SMILES string of the molecule is CCCCc1cnc(S(C)(=O)=O)nc1-c1cc(OC)c(=O)n(C)c1. The van der Waals surface area contributed by atoms with E-state index in [4.69, 9.17) is 4.74 Å². The van der Waals surface area contributed by atoms with E-state index in [0.717, 1.165) is 31.1 Å². The fourth-order valence-electron chi connectivity index (χ4n) is 2.33. The Kier molecular flexibility index (Phi) is 5.38. The number of hydrogen-bond acceptors (Lipinski definition) is 6. The van der Waals surface area contributed by atoms with Gasteiger partial charge in [0.05, 0.1) is 12.8 Å². The van der Waals surface area contributed by atoms with Crippen LogP contribution in [0.5, 0.6) is 5.75 Å². The first kappa shape index (κ1) is 18.1. The Bertz CT molecular complexity index is 904. The first-order chi connectivity index (χ1) is 11.3. The first-order valence-electron chi connectivity index (χ1n) is 7.59. The second-order valence-corrected chi connectivity index (χ2v) is 7.52. The summed E-state index contributed by atoms with van der Waals surface area (Å²) in [6.45, 7) is 2.07. The maximum atomic E-state index is 12.0. The van der Waals surface area contributed by atoms with E-state index in [1.165, 1.54) is 11.7 Å². The quantitative estimate of drug-likeness (QED) is 0.734. The Balaban J connectivity index is 2.70. The molecule has 0 saturated carbocycles. The highest BCUT2D eigenvalue weighted by Gasteiger charge is 2.17. The van der Waals surface area contributed by atoms with Gasteiger partial charge in [-0.2, -0.15) is 0 Å². The monoisotopic (exact) mass is 351 g/mol. The zero-order valence-electron chi connectivity index (χ0n) is 14.2. The van der Waals surface area contributed by atoms with E-state index >= 15 is 0 Å². The normalized spacial score (nSPS) is 11.5. The fourth-order valence-corrected chi connectivity index (χ4v) is 2.83. The maximum absolute atomic E-state index is 12.0. The van der Waals surface area contributed by atoms with Crippen molar-refractivity contribution in [3.8, 4) is 17.0 Å². The predicted octanol–water partition coefficient (Wildman–Crippen LogP) is 1.60. The summed E-state index contributed by atoms with van der Waals surface area (Å²) in [5.74, 6) is 0.177. The number of ether oxygens (including phenoxy) is 1. The molecule has 2 heterocycles. The van der Waals surface area contributed by atoms with Gasteiger partial charge in [-0.1, -0.05) is 13.3 Å². The number of aryl methyl sites for hydroxylation is 2. The lowest BCUT2D eigenvalue weighted by molar-refractivity contribution is 0.405. The van der Waals surface area contributed by atoms with E-state index in [0.29, 0.717) is 11.3 Å². The Morgan fingerprint density at radius 1 is 1.33 bits per heavy atom. The van der Waals surface area contributed by atoms with Gasteiger partial charge in [0.25, 0.3) is 5.56 Å². The first-order valence-corrected chi connectivity index (χ1v) is 9.48. The number of sulfone groups is 1. The van der Waals surface area contributed by atoms with Crippen molar-refractivity contribution in [3.05, 3.63) is 34.4 Å². The van der Waals surface area contributed by atoms with E-state index in [-0.39, 0.29) is 16.5 Å². The average Bonchev–Trinajstić information content (AvgIpc) is 2.54. The highest BCUT2D eigenvalue weighted by Crippen LogP contribution is 2.25. The molecule has 0 amide bonds. The molecule has 0 saturated heterocycles. The van der Waals surface area contributed by atoms with Crippen LogP contribution in [0, 0.1) is 0 Å². The summed E-state index contributed by atoms with van der Waals surface area (Å²) < 4.78 is 30.1. The highest BCUT2D eigenvalue weighted by atomic mass is 32.2. The summed E-state index contributed by atoms with van der Waals surface area (Å²) in [5.41, 5.74) is 1.69. The molecule has 0 aliphatic rings. The summed E-state index contributed by atoms with van der Waals surface area (Å²) in [5, 5.41) is -0.231. The average molecular weight is 351 g/mol. The van der Waals surface area contributed by atoms with Gasteiger partial charge >= 0.3 is 0 Å². The van der Waals surface area contributed by atoms with Crippen molar-refractivity contribution in [2.24, 2.45) is 7.05 Å². The molecule has 0 fully saturated rings. The zero-order valence-corrected chi connectivity index (χ0v) is 15.1. The van der Waals surface area contributed by atoms with Crippen molar-refractivity contribution in [2.45, 2.75) is 31.3 Å². The second-order valence-electron chi connectivity index (χ2n) is 5.62. The summed E-state index contributed by atoms with van der Waals surface area (Å²) in [6.07, 6.45) is 6.88. The minimum atomic E-state index is -3.53. The van der Waals surface area contributed by atoms with Gasteiger partial charge in [0.2, 0.25) is 15.0 Å². The molecular weight excluding hydrogens is 330 g/mol. The third kappa shape index (κ3) is 3.81. The van der Waals surface area contributed by atoms with E-state index in [1.807, 2.05) is 0 Å². The molecule has 0 spiro atoms. The van der Waals surface area contributed by atoms with Gasteiger partial charge in [-0.15, -0.1) is 0 Å². The summed E-state index contributed by atoms with van der Waals surface area (Å²) in [4.78, 5) is 20.2. The van der Waals surface area contributed by atoms with Gasteiger partial charge in [-0.25, -0.2) is 18.4 Å². The molecule has 130 valence electrons. The van der Waals surface area contributed by atoms with Crippen LogP contribution in [-0.2, 0) is 23.3 Å². The molecule has 24 heavy (non-hydrogen) atoms. The molecule has 2 aromatic rings. The number of nitrogens with zero attached hydrogens (tertiary/aromatic N) is 3. The van der Waals surface area contributed by atoms with Gasteiger partial charge in [0, 0.05) is 31.3 Å². The zero-order chi connectivity index (χ0) is 17.9. The summed E-state index contributed by atoms with van der Waals surface area (Å²) >= 11 is 0. The van der Waals surface area contributed by atoms with Crippen molar-refractivity contribution < 1.29 is 13.2 Å². The third-order valence-corrected chi connectivity index (χ3v) is 4.48. The summed E-state index contributed by atoms with van der Waals surface area (Å²) in [7, 11) is -0.500. The molecule has 0 unspecified atom stereocenters. The van der Waals surface area contributed by atoms with E-state index in [1.54, 1.807) is 25.5 Å². The minimum absolute atomic E-state index is 0.177. The van der Waals surface area contributed by atoms with Gasteiger partial charge < -0.3 is 9.30 Å². The van der Waals surface area contributed by atoms with Crippen LogP contribution in [0.1, 0.15) is 25.3 Å². The smallest absolute Gasteiger partial charge is 0.292 e. The molecule has 0 bridgehead atoms. The molecule has 0 aliphatic carbocycles. The van der Waals surface area contributed by atoms with Crippen LogP contribution in [-0.4, -0.2) is 36.3 Å². The molecule has 0 aromatic carbocycles. The lowest BCUT2D eigenvalue weighted by atomic mass is 10.0. The van der Waals surface area contributed by atoms with E-state index < -0.39 is 9.84 Å². The molecule has 7 nitrogen and oxygen atoms in total. The van der Waals surface area contributed by atoms with Crippen LogP contribution in [0.25, 0.3) is 11.3 Å². The number of pyridine rings is 1. The number of unbranched alkanes of at least 4 members (excludes halogenated alkanes) is 1. The number of methoxy groups -OCH3 is 1. The van der Waals surface area contributed by atoms with Crippen molar-refractivity contribution in [2.75, 3.05) is 13.4 Å². The largest absolute Gasteiger partial charge is 0.491 e. The van der Waals surface area contributed by atoms with Crippen molar-refractivity contribution >= 4 is 9.84 Å². The van der Waals surface area contributed by atoms with Gasteiger partial charge in [0.15, 0.2) is 5.75 Å². The number of rotatable bonds is 6. The fraction of sp³-hybridized carbons (Fsp3) is 0.438.